The average molecular weight is 269 g/mol. The minimum atomic E-state index is 0.723. The first-order valence-corrected chi connectivity index (χ1v) is 7.84. The van der Waals surface area contributed by atoms with Crippen molar-refractivity contribution in [2.24, 2.45) is 5.92 Å². The highest BCUT2D eigenvalue weighted by Crippen LogP contribution is 2.26. The van der Waals surface area contributed by atoms with E-state index in [0.29, 0.717) is 0 Å². The fourth-order valence-electron chi connectivity index (χ4n) is 1.86. The molecule has 0 saturated heterocycles. The van der Waals surface area contributed by atoms with Crippen molar-refractivity contribution in [3.63, 3.8) is 0 Å². The van der Waals surface area contributed by atoms with Crippen molar-refractivity contribution in [2.45, 2.75) is 47.1 Å². The molecule has 0 aliphatic carbocycles. The van der Waals surface area contributed by atoms with Crippen molar-refractivity contribution in [2.75, 3.05) is 25.0 Å². The summed E-state index contributed by atoms with van der Waals surface area (Å²) in [5.41, 5.74) is 1.26. The topological polar surface area (TPSA) is 28.2 Å². The Morgan fingerprint density at radius 2 is 2.06 bits per heavy atom. The molecule has 0 bridgehead atoms. The van der Waals surface area contributed by atoms with Crippen LogP contribution in [0.4, 0.5) is 5.13 Å². The van der Waals surface area contributed by atoms with Gasteiger partial charge in [-0.1, -0.05) is 34.1 Å². The van der Waals surface area contributed by atoms with Crippen molar-refractivity contribution >= 4 is 16.5 Å². The van der Waals surface area contributed by atoms with Gasteiger partial charge in [0.05, 0.1) is 5.69 Å². The molecule has 18 heavy (non-hydrogen) atoms. The molecular weight excluding hydrogens is 242 g/mol. The van der Waals surface area contributed by atoms with Gasteiger partial charge in [0.1, 0.15) is 0 Å². The monoisotopic (exact) mass is 269 g/mol. The maximum absolute atomic E-state index is 4.77. The second-order valence-corrected chi connectivity index (χ2v) is 5.96. The maximum atomic E-state index is 4.77. The minimum Gasteiger partial charge on any atom is -0.351 e. The quantitative estimate of drug-likeness (QED) is 0.785. The minimum absolute atomic E-state index is 0.723. The van der Waals surface area contributed by atoms with Crippen molar-refractivity contribution in [3.8, 4) is 0 Å². The predicted octanol–water partition coefficient (Wildman–Crippen LogP) is 3.30. The number of anilines is 1. The van der Waals surface area contributed by atoms with Gasteiger partial charge in [-0.05, 0) is 18.9 Å². The van der Waals surface area contributed by atoms with E-state index in [-0.39, 0.29) is 0 Å². The normalized spacial score (nSPS) is 12.7. The van der Waals surface area contributed by atoms with Crippen LogP contribution in [0, 0.1) is 5.92 Å². The molecule has 0 aromatic carbocycles. The number of aromatic nitrogens is 1. The Labute approximate surface area is 116 Å². The molecule has 1 rings (SSSR count). The van der Waals surface area contributed by atoms with Crippen LogP contribution in [0.5, 0.6) is 0 Å². The standard InChI is InChI=1S/C14H27N3S/c1-6-11(4)10-17(5)14-16-12(7-2)13(18-14)9-15-8-3/h11,15H,6-10H2,1-5H3. The average Bonchev–Trinajstić information content (AvgIpc) is 2.79. The molecule has 0 aliphatic rings. The largest absolute Gasteiger partial charge is 0.351 e. The highest BCUT2D eigenvalue weighted by Gasteiger charge is 2.13. The Bertz CT molecular complexity index is 349. The van der Waals surface area contributed by atoms with E-state index in [1.54, 1.807) is 0 Å². The molecule has 0 aliphatic heterocycles. The van der Waals surface area contributed by atoms with Gasteiger partial charge in [0.2, 0.25) is 0 Å². The number of thiazole rings is 1. The van der Waals surface area contributed by atoms with Crippen molar-refractivity contribution in [1.29, 1.82) is 0 Å². The molecule has 104 valence electrons. The SMILES string of the molecule is CCNCc1sc(N(C)CC(C)CC)nc1CC. The summed E-state index contributed by atoms with van der Waals surface area (Å²) in [5, 5.41) is 4.56. The summed E-state index contributed by atoms with van der Waals surface area (Å²) in [5.74, 6) is 0.723. The van der Waals surface area contributed by atoms with Gasteiger partial charge in [0.15, 0.2) is 5.13 Å². The van der Waals surface area contributed by atoms with E-state index >= 15 is 0 Å². The van der Waals surface area contributed by atoms with Crippen LogP contribution in [0.15, 0.2) is 0 Å². The highest BCUT2D eigenvalue weighted by atomic mass is 32.1. The van der Waals surface area contributed by atoms with E-state index in [2.05, 4.69) is 45.0 Å². The van der Waals surface area contributed by atoms with Gasteiger partial charge < -0.3 is 10.2 Å². The fourth-order valence-corrected chi connectivity index (χ4v) is 2.95. The van der Waals surface area contributed by atoms with Gasteiger partial charge in [-0.2, -0.15) is 0 Å². The Balaban J connectivity index is 2.73. The molecule has 0 spiro atoms. The number of hydrogen-bond donors (Lipinski definition) is 1. The maximum Gasteiger partial charge on any atom is 0.185 e. The van der Waals surface area contributed by atoms with Crippen LogP contribution >= 0.6 is 11.3 Å². The van der Waals surface area contributed by atoms with Crippen LogP contribution in [0.3, 0.4) is 0 Å². The predicted molar refractivity (Wildman–Crippen MR) is 81.6 cm³/mol. The zero-order valence-electron chi connectivity index (χ0n) is 12.4. The Hall–Kier alpha value is -0.610. The second-order valence-electron chi connectivity index (χ2n) is 4.89. The van der Waals surface area contributed by atoms with Crippen LogP contribution in [0.1, 0.15) is 44.7 Å². The number of nitrogens with zero attached hydrogens (tertiary/aromatic N) is 2. The fraction of sp³-hybridized carbons (Fsp3) is 0.786. The number of hydrogen-bond acceptors (Lipinski definition) is 4. The third-order valence-corrected chi connectivity index (χ3v) is 4.46. The first kappa shape index (κ1) is 15.4. The van der Waals surface area contributed by atoms with Crippen molar-refractivity contribution in [1.82, 2.24) is 10.3 Å². The first-order valence-electron chi connectivity index (χ1n) is 7.02. The zero-order chi connectivity index (χ0) is 13.5. The van der Waals surface area contributed by atoms with Gasteiger partial charge in [0.25, 0.3) is 0 Å². The Kier molecular flexibility index (Phi) is 6.65. The van der Waals surface area contributed by atoms with Crippen LogP contribution < -0.4 is 10.2 Å². The molecule has 1 unspecified atom stereocenters. The van der Waals surface area contributed by atoms with Crippen LogP contribution in [0.25, 0.3) is 0 Å². The molecule has 1 aromatic rings. The lowest BCUT2D eigenvalue weighted by Crippen LogP contribution is -2.23. The highest BCUT2D eigenvalue weighted by molar-refractivity contribution is 7.15. The summed E-state index contributed by atoms with van der Waals surface area (Å²) in [6.07, 6.45) is 2.25. The zero-order valence-corrected chi connectivity index (χ0v) is 13.2. The summed E-state index contributed by atoms with van der Waals surface area (Å²) in [6, 6.07) is 0. The smallest absolute Gasteiger partial charge is 0.185 e. The summed E-state index contributed by atoms with van der Waals surface area (Å²) in [4.78, 5) is 8.47. The molecule has 1 heterocycles. The van der Waals surface area contributed by atoms with E-state index in [0.717, 1.165) is 32.0 Å². The molecular formula is C14H27N3S. The second kappa shape index (κ2) is 7.74. The van der Waals surface area contributed by atoms with E-state index in [9.17, 15) is 0 Å². The molecule has 1 N–H and O–H groups in total. The lowest BCUT2D eigenvalue weighted by atomic mass is 10.1. The lowest BCUT2D eigenvalue weighted by Gasteiger charge is -2.19. The molecule has 1 atom stereocenters. The number of aryl methyl sites for hydroxylation is 1. The van der Waals surface area contributed by atoms with Gasteiger partial charge in [0, 0.05) is 25.0 Å². The van der Waals surface area contributed by atoms with Gasteiger partial charge in [-0.15, -0.1) is 11.3 Å². The third kappa shape index (κ3) is 4.25. The molecule has 0 saturated carbocycles. The van der Waals surface area contributed by atoms with Gasteiger partial charge in [-0.3, -0.25) is 0 Å². The van der Waals surface area contributed by atoms with Crippen LogP contribution in [0.2, 0.25) is 0 Å². The lowest BCUT2D eigenvalue weighted by molar-refractivity contribution is 0.559. The molecule has 1 aromatic heterocycles. The third-order valence-electron chi connectivity index (χ3n) is 3.25. The summed E-state index contributed by atoms with van der Waals surface area (Å²) in [7, 11) is 2.15. The van der Waals surface area contributed by atoms with E-state index in [1.807, 2.05) is 11.3 Å². The first-order chi connectivity index (χ1) is 8.62. The summed E-state index contributed by atoms with van der Waals surface area (Å²) in [6.45, 7) is 11.9. The molecule has 0 fully saturated rings. The summed E-state index contributed by atoms with van der Waals surface area (Å²) < 4.78 is 0. The van der Waals surface area contributed by atoms with Crippen LogP contribution in [-0.2, 0) is 13.0 Å². The van der Waals surface area contributed by atoms with Crippen molar-refractivity contribution < 1.29 is 0 Å². The van der Waals surface area contributed by atoms with Gasteiger partial charge in [-0.25, -0.2) is 4.98 Å². The van der Waals surface area contributed by atoms with Crippen LogP contribution in [-0.4, -0.2) is 25.1 Å². The number of nitrogens with one attached hydrogen (secondary N) is 1. The van der Waals surface area contributed by atoms with E-state index in [1.165, 1.54) is 22.1 Å². The Morgan fingerprint density at radius 3 is 2.61 bits per heavy atom. The number of rotatable bonds is 8. The summed E-state index contributed by atoms with van der Waals surface area (Å²) >= 11 is 1.84. The molecule has 3 nitrogen and oxygen atoms in total. The molecule has 0 amide bonds. The van der Waals surface area contributed by atoms with E-state index in [4.69, 9.17) is 4.98 Å². The Morgan fingerprint density at radius 1 is 1.33 bits per heavy atom. The van der Waals surface area contributed by atoms with Gasteiger partial charge >= 0.3 is 0 Å². The molecule has 0 radical (unpaired) electrons. The van der Waals surface area contributed by atoms with Crippen molar-refractivity contribution in [3.05, 3.63) is 10.6 Å². The van der Waals surface area contributed by atoms with E-state index < -0.39 is 0 Å². The molecule has 4 heteroatoms.